The number of ketones is 1. The normalized spacial score (nSPS) is 19.1. The van der Waals surface area contributed by atoms with Crippen molar-refractivity contribution in [3.8, 4) is 6.07 Å². The summed E-state index contributed by atoms with van der Waals surface area (Å²) in [7, 11) is 0. The van der Waals surface area contributed by atoms with Gasteiger partial charge in [-0.1, -0.05) is 0 Å². The minimum Gasteiger partial charge on any atom is -0.301 e. The molecule has 0 radical (unpaired) electrons. The van der Waals surface area contributed by atoms with Crippen molar-refractivity contribution in [3.63, 3.8) is 0 Å². The molecule has 0 aromatic rings. The molecule has 0 aromatic carbocycles. The highest BCUT2D eigenvalue weighted by Crippen LogP contribution is 2.31. The summed E-state index contributed by atoms with van der Waals surface area (Å²) in [5, 5.41) is 8.27. The van der Waals surface area contributed by atoms with E-state index in [-0.39, 0.29) is 11.7 Å². The number of nitrogens with zero attached hydrogens (tertiary/aromatic N) is 1. The molecule has 0 heterocycles. The molecular formula is C7H7NO2. The molecule has 1 fully saturated rings. The second kappa shape index (κ2) is 2.61. The predicted molar refractivity (Wildman–Crippen MR) is 32.9 cm³/mol. The van der Waals surface area contributed by atoms with Crippen LogP contribution in [0.5, 0.6) is 0 Å². The monoisotopic (exact) mass is 137 g/mol. The Hall–Kier alpha value is -1.17. The van der Waals surface area contributed by atoms with Crippen molar-refractivity contribution in [2.75, 3.05) is 0 Å². The van der Waals surface area contributed by atoms with Crippen LogP contribution in [0.15, 0.2) is 0 Å². The molecule has 0 saturated heterocycles. The van der Waals surface area contributed by atoms with Crippen molar-refractivity contribution in [1.82, 2.24) is 0 Å². The Bertz CT molecular complexity index is 200. The maximum absolute atomic E-state index is 10.9. The lowest BCUT2D eigenvalue weighted by Gasteiger charge is -1.94. The minimum absolute atomic E-state index is 0.00912. The molecule has 1 unspecified atom stereocenters. The van der Waals surface area contributed by atoms with Crippen LogP contribution in [0.4, 0.5) is 0 Å². The van der Waals surface area contributed by atoms with Crippen LogP contribution in [0, 0.1) is 23.2 Å². The highest BCUT2D eigenvalue weighted by atomic mass is 16.1. The third kappa shape index (κ3) is 1.21. The van der Waals surface area contributed by atoms with Gasteiger partial charge in [-0.3, -0.25) is 4.79 Å². The number of Topliss-reactive ketones (excluding diaryl/α,β-unsaturated/α-hetero) is 1. The number of rotatable bonds is 3. The third-order valence-corrected chi connectivity index (χ3v) is 1.56. The zero-order chi connectivity index (χ0) is 7.56. The Labute approximate surface area is 58.6 Å². The molecule has 1 rings (SSSR count). The van der Waals surface area contributed by atoms with Crippen LogP contribution in [-0.4, -0.2) is 12.1 Å². The van der Waals surface area contributed by atoms with Gasteiger partial charge in [0.2, 0.25) is 0 Å². The number of aldehydes is 1. The van der Waals surface area contributed by atoms with Crippen molar-refractivity contribution >= 4 is 12.1 Å². The molecule has 0 amide bonds. The van der Waals surface area contributed by atoms with E-state index in [1.807, 2.05) is 0 Å². The lowest BCUT2D eigenvalue weighted by molar-refractivity contribution is -0.126. The molecular weight excluding hydrogens is 130 g/mol. The van der Waals surface area contributed by atoms with Gasteiger partial charge in [0.15, 0.2) is 11.7 Å². The van der Waals surface area contributed by atoms with Gasteiger partial charge in [-0.25, -0.2) is 0 Å². The Morgan fingerprint density at radius 2 is 2.30 bits per heavy atom. The zero-order valence-electron chi connectivity index (χ0n) is 5.41. The van der Waals surface area contributed by atoms with Crippen molar-refractivity contribution < 1.29 is 9.59 Å². The first-order chi connectivity index (χ1) is 4.79. The van der Waals surface area contributed by atoms with Gasteiger partial charge in [0.25, 0.3) is 0 Å². The van der Waals surface area contributed by atoms with Crippen molar-refractivity contribution in [2.45, 2.75) is 12.8 Å². The molecule has 10 heavy (non-hydrogen) atoms. The smallest absolute Gasteiger partial charge is 0.160 e. The van der Waals surface area contributed by atoms with Crippen LogP contribution in [0.1, 0.15) is 12.8 Å². The van der Waals surface area contributed by atoms with Gasteiger partial charge in [-0.05, 0) is 12.8 Å². The van der Waals surface area contributed by atoms with E-state index in [2.05, 4.69) is 0 Å². The first-order valence-electron chi connectivity index (χ1n) is 3.18. The van der Waals surface area contributed by atoms with E-state index in [1.54, 1.807) is 6.07 Å². The first kappa shape index (κ1) is 6.94. The highest BCUT2D eigenvalue weighted by Gasteiger charge is 2.34. The number of nitriles is 1. The van der Waals surface area contributed by atoms with Gasteiger partial charge in [-0.2, -0.15) is 5.26 Å². The predicted octanol–water partition coefficient (Wildman–Crippen LogP) is 0.304. The summed E-state index contributed by atoms with van der Waals surface area (Å²) >= 11 is 0. The fourth-order valence-electron chi connectivity index (χ4n) is 0.783. The third-order valence-electron chi connectivity index (χ3n) is 1.56. The van der Waals surface area contributed by atoms with E-state index in [4.69, 9.17) is 5.26 Å². The summed E-state index contributed by atoms with van der Waals surface area (Å²) < 4.78 is 0. The molecule has 0 N–H and O–H groups in total. The highest BCUT2D eigenvalue weighted by molar-refractivity contribution is 5.98. The molecule has 1 aliphatic rings. The van der Waals surface area contributed by atoms with Crippen molar-refractivity contribution in [2.24, 2.45) is 11.8 Å². The van der Waals surface area contributed by atoms with E-state index in [1.165, 1.54) is 0 Å². The van der Waals surface area contributed by atoms with Gasteiger partial charge < -0.3 is 4.79 Å². The van der Waals surface area contributed by atoms with Crippen molar-refractivity contribution in [3.05, 3.63) is 0 Å². The summed E-state index contributed by atoms with van der Waals surface area (Å²) in [4.78, 5) is 21.0. The average Bonchev–Trinajstić information content (AvgIpc) is 2.71. The average molecular weight is 137 g/mol. The maximum Gasteiger partial charge on any atom is 0.160 e. The van der Waals surface area contributed by atoms with E-state index in [0.29, 0.717) is 6.29 Å². The summed E-state index contributed by atoms with van der Waals surface area (Å²) in [5.41, 5.74) is 0. The Balaban J connectivity index is 2.53. The lowest BCUT2D eigenvalue weighted by atomic mass is 10.0. The molecule has 0 aliphatic heterocycles. The summed E-state index contributed by atoms with van der Waals surface area (Å²) in [5.74, 6) is -1.19. The zero-order valence-corrected chi connectivity index (χ0v) is 5.41. The number of carbonyl (C=O) groups is 2. The van der Waals surface area contributed by atoms with Crippen LogP contribution in [0.2, 0.25) is 0 Å². The Morgan fingerprint density at radius 1 is 1.70 bits per heavy atom. The van der Waals surface area contributed by atoms with Gasteiger partial charge in [0.05, 0.1) is 6.07 Å². The molecule has 0 spiro atoms. The molecule has 0 aromatic heterocycles. The Morgan fingerprint density at radius 3 is 2.60 bits per heavy atom. The molecule has 1 atom stereocenters. The molecule has 52 valence electrons. The fraction of sp³-hybridized carbons (Fsp3) is 0.571. The number of carbonyl (C=O) groups excluding carboxylic acids is 2. The van der Waals surface area contributed by atoms with E-state index in [9.17, 15) is 9.59 Å². The summed E-state index contributed by atoms with van der Waals surface area (Å²) in [6, 6.07) is 1.66. The van der Waals surface area contributed by atoms with Crippen LogP contribution in [0.25, 0.3) is 0 Å². The second-order valence-electron chi connectivity index (χ2n) is 2.42. The van der Waals surface area contributed by atoms with Crippen LogP contribution < -0.4 is 0 Å². The SMILES string of the molecule is N#CC(C=O)C(=O)C1CC1. The minimum atomic E-state index is -1.01. The van der Waals surface area contributed by atoms with Crippen LogP contribution in [-0.2, 0) is 9.59 Å². The summed E-state index contributed by atoms with van der Waals surface area (Å²) in [6.45, 7) is 0. The van der Waals surface area contributed by atoms with Gasteiger partial charge in [0, 0.05) is 5.92 Å². The molecule has 0 bridgehead atoms. The topological polar surface area (TPSA) is 57.9 Å². The maximum atomic E-state index is 10.9. The van der Waals surface area contributed by atoms with Crippen LogP contribution >= 0.6 is 0 Å². The fourth-order valence-corrected chi connectivity index (χ4v) is 0.783. The van der Waals surface area contributed by atoms with E-state index >= 15 is 0 Å². The lowest BCUT2D eigenvalue weighted by Crippen LogP contribution is -2.15. The van der Waals surface area contributed by atoms with Gasteiger partial charge in [-0.15, -0.1) is 0 Å². The van der Waals surface area contributed by atoms with Crippen molar-refractivity contribution in [1.29, 1.82) is 5.26 Å². The van der Waals surface area contributed by atoms with Gasteiger partial charge >= 0.3 is 0 Å². The quantitative estimate of drug-likeness (QED) is 0.415. The second-order valence-corrected chi connectivity index (χ2v) is 2.42. The number of hydrogen-bond donors (Lipinski definition) is 0. The van der Waals surface area contributed by atoms with E-state index in [0.717, 1.165) is 12.8 Å². The largest absolute Gasteiger partial charge is 0.301 e. The summed E-state index contributed by atoms with van der Waals surface area (Å²) in [6.07, 6.45) is 2.12. The molecule has 1 saturated carbocycles. The molecule has 3 heteroatoms. The standard InChI is InChI=1S/C7H7NO2/c8-3-6(4-9)7(10)5-1-2-5/h4-6H,1-2H2. The molecule has 1 aliphatic carbocycles. The first-order valence-corrected chi connectivity index (χ1v) is 3.18. The molecule has 3 nitrogen and oxygen atoms in total. The van der Waals surface area contributed by atoms with Crippen LogP contribution in [0.3, 0.4) is 0 Å². The Kier molecular flexibility index (Phi) is 1.81. The van der Waals surface area contributed by atoms with Gasteiger partial charge in [0.1, 0.15) is 6.29 Å². The number of hydrogen-bond acceptors (Lipinski definition) is 3. The van der Waals surface area contributed by atoms with E-state index < -0.39 is 5.92 Å².